The Labute approximate surface area is 123 Å². The van der Waals surface area contributed by atoms with Gasteiger partial charge in [-0.3, -0.25) is 9.69 Å². The van der Waals surface area contributed by atoms with Crippen molar-refractivity contribution in [3.63, 3.8) is 0 Å². The maximum absolute atomic E-state index is 14.0. The summed E-state index contributed by atoms with van der Waals surface area (Å²) in [6.45, 7) is 4.15. The summed E-state index contributed by atoms with van der Waals surface area (Å²) >= 11 is 0. The lowest BCUT2D eigenvalue weighted by molar-refractivity contribution is -0.151. The van der Waals surface area contributed by atoms with Crippen LogP contribution in [0, 0.1) is 11.6 Å². The molecule has 0 aliphatic carbocycles. The van der Waals surface area contributed by atoms with Gasteiger partial charge in [-0.05, 0) is 44.9 Å². The van der Waals surface area contributed by atoms with Gasteiger partial charge in [-0.25, -0.2) is 8.78 Å². The SMILES string of the molecule is CCCC1(C(=O)O)CCCN1C(C)c1c(F)cccc1F. The van der Waals surface area contributed by atoms with Crippen LogP contribution in [0.2, 0.25) is 0 Å². The van der Waals surface area contributed by atoms with E-state index < -0.39 is 29.2 Å². The molecule has 3 nitrogen and oxygen atoms in total. The Balaban J connectivity index is 2.41. The van der Waals surface area contributed by atoms with Crippen molar-refractivity contribution < 1.29 is 18.7 Å². The van der Waals surface area contributed by atoms with Crippen molar-refractivity contribution in [3.8, 4) is 0 Å². The van der Waals surface area contributed by atoms with Gasteiger partial charge in [-0.1, -0.05) is 19.4 Å². The maximum atomic E-state index is 14.0. The van der Waals surface area contributed by atoms with E-state index in [4.69, 9.17) is 0 Å². The van der Waals surface area contributed by atoms with Crippen LogP contribution in [0.1, 0.15) is 51.1 Å². The van der Waals surface area contributed by atoms with Crippen molar-refractivity contribution in [1.82, 2.24) is 4.90 Å². The lowest BCUT2D eigenvalue weighted by atomic mass is 9.88. The molecule has 1 aliphatic heterocycles. The van der Waals surface area contributed by atoms with Crippen molar-refractivity contribution >= 4 is 5.97 Å². The van der Waals surface area contributed by atoms with Gasteiger partial charge in [0.05, 0.1) is 0 Å². The summed E-state index contributed by atoms with van der Waals surface area (Å²) in [7, 11) is 0. The van der Waals surface area contributed by atoms with E-state index in [1.54, 1.807) is 11.8 Å². The standard InChI is InChI=1S/C16H21F2NO2/c1-3-8-16(15(20)21)9-5-10-19(16)11(2)14-12(17)6-4-7-13(14)18/h4,6-7,11H,3,5,8-10H2,1-2H3,(H,20,21). The molecule has 0 aromatic heterocycles. The first kappa shape index (κ1) is 15.9. The number of hydrogen-bond donors (Lipinski definition) is 1. The zero-order valence-corrected chi connectivity index (χ0v) is 12.4. The van der Waals surface area contributed by atoms with Crippen LogP contribution < -0.4 is 0 Å². The van der Waals surface area contributed by atoms with E-state index >= 15 is 0 Å². The minimum atomic E-state index is -1.01. The number of hydrogen-bond acceptors (Lipinski definition) is 2. The van der Waals surface area contributed by atoms with E-state index in [9.17, 15) is 18.7 Å². The Hall–Kier alpha value is -1.49. The first-order chi connectivity index (χ1) is 9.94. The number of halogens is 2. The molecule has 1 fully saturated rings. The molecule has 1 aromatic carbocycles. The first-order valence-corrected chi connectivity index (χ1v) is 7.38. The number of aliphatic carboxylic acids is 1. The second-order valence-corrected chi connectivity index (χ2v) is 5.69. The molecule has 1 heterocycles. The Morgan fingerprint density at radius 1 is 1.43 bits per heavy atom. The van der Waals surface area contributed by atoms with Crippen molar-refractivity contribution in [1.29, 1.82) is 0 Å². The van der Waals surface area contributed by atoms with E-state index in [1.165, 1.54) is 18.2 Å². The molecule has 2 unspecified atom stereocenters. The van der Waals surface area contributed by atoms with Crippen LogP contribution in [-0.4, -0.2) is 28.1 Å². The number of benzene rings is 1. The molecule has 0 radical (unpaired) electrons. The highest BCUT2D eigenvalue weighted by Crippen LogP contribution is 2.41. The fourth-order valence-electron chi connectivity index (χ4n) is 3.55. The highest BCUT2D eigenvalue weighted by molar-refractivity contribution is 5.79. The lowest BCUT2D eigenvalue weighted by Gasteiger charge is -2.39. The molecule has 0 saturated carbocycles. The minimum Gasteiger partial charge on any atom is -0.480 e. The van der Waals surface area contributed by atoms with Crippen LogP contribution in [0.4, 0.5) is 8.78 Å². The topological polar surface area (TPSA) is 40.5 Å². The predicted octanol–water partition coefficient (Wildman–Crippen LogP) is 3.75. The average molecular weight is 297 g/mol. The summed E-state index contributed by atoms with van der Waals surface area (Å²) in [5.74, 6) is -2.14. The van der Waals surface area contributed by atoms with Gasteiger partial charge in [0, 0.05) is 11.6 Å². The summed E-state index contributed by atoms with van der Waals surface area (Å²) in [6, 6.07) is 3.15. The molecule has 1 N–H and O–H groups in total. The first-order valence-electron chi connectivity index (χ1n) is 7.38. The number of rotatable bonds is 5. The molecule has 0 amide bonds. The second-order valence-electron chi connectivity index (χ2n) is 5.69. The molecule has 0 spiro atoms. The number of carboxylic acid groups (broad SMARTS) is 1. The largest absolute Gasteiger partial charge is 0.480 e. The summed E-state index contributed by atoms with van der Waals surface area (Å²) < 4.78 is 28.0. The van der Waals surface area contributed by atoms with Crippen LogP contribution in [0.25, 0.3) is 0 Å². The van der Waals surface area contributed by atoms with Crippen LogP contribution in [0.5, 0.6) is 0 Å². The quantitative estimate of drug-likeness (QED) is 0.900. The Morgan fingerprint density at radius 2 is 2.05 bits per heavy atom. The van der Waals surface area contributed by atoms with Crippen LogP contribution in [0.3, 0.4) is 0 Å². The van der Waals surface area contributed by atoms with E-state index in [0.29, 0.717) is 19.4 Å². The van der Waals surface area contributed by atoms with Crippen molar-refractivity contribution in [3.05, 3.63) is 35.4 Å². The van der Waals surface area contributed by atoms with Crippen LogP contribution >= 0.6 is 0 Å². The van der Waals surface area contributed by atoms with Gasteiger partial charge in [-0.2, -0.15) is 0 Å². The molecule has 1 aromatic rings. The van der Waals surface area contributed by atoms with Crippen molar-refractivity contribution in [2.75, 3.05) is 6.54 Å². The van der Waals surface area contributed by atoms with E-state index in [2.05, 4.69) is 0 Å². The molecular formula is C16H21F2NO2. The zero-order valence-electron chi connectivity index (χ0n) is 12.4. The molecule has 21 heavy (non-hydrogen) atoms. The number of carbonyl (C=O) groups is 1. The lowest BCUT2D eigenvalue weighted by Crippen LogP contribution is -2.51. The monoisotopic (exact) mass is 297 g/mol. The molecule has 116 valence electrons. The third kappa shape index (κ3) is 2.67. The Kier molecular flexibility index (Phi) is 4.61. The molecular weight excluding hydrogens is 276 g/mol. The summed E-state index contributed by atoms with van der Waals surface area (Å²) in [4.78, 5) is 13.6. The molecule has 2 rings (SSSR count). The van der Waals surface area contributed by atoms with Gasteiger partial charge in [0.25, 0.3) is 0 Å². The van der Waals surface area contributed by atoms with Crippen molar-refractivity contribution in [2.45, 2.75) is 51.1 Å². The predicted molar refractivity (Wildman–Crippen MR) is 76.0 cm³/mol. The summed E-state index contributed by atoms with van der Waals surface area (Å²) in [5, 5.41) is 9.67. The van der Waals surface area contributed by atoms with Gasteiger partial charge in [-0.15, -0.1) is 0 Å². The van der Waals surface area contributed by atoms with Crippen LogP contribution in [-0.2, 0) is 4.79 Å². The second kappa shape index (κ2) is 6.10. The van der Waals surface area contributed by atoms with E-state index in [1.807, 2.05) is 6.92 Å². The minimum absolute atomic E-state index is 0.0406. The van der Waals surface area contributed by atoms with E-state index in [0.717, 1.165) is 12.8 Å². The fraction of sp³-hybridized carbons (Fsp3) is 0.562. The average Bonchev–Trinajstić information content (AvgIpc) is 2.84. The summed E-state index contributed by atoms with van der Waals surface area (Å²) in [6.07, 6.45) is 2.46. The highest BCUT2D eigenvalue weighted by Gasteiger charge is 2.49. The molecule has 1 aliphatic rings. The van der Waals surface area contributed by atoms with Gasteiger partial charge in [0.1, 0.15) is 17.2 Å². The third-order valence-electron chi connectivity index (χ3n) is 4.49. The van der Waals surface area contributed by atoms with Gasteiger partial charge in [0.2, 0.25) is 0 Å². The number of nitrogens with zero attached hydrogens (tertiary/aromatic N) is 1. The molecule has 1 saturated heterocycles. The molecule has 5 heteroatoms. The Morgan fingerprint density at radius 3 is 2.57 bits per heavy atom. The number of carboxylic acids is 1. The van der Waals surface area contributed by atoms with Gasteiger partial charge >= 0.3 is 5.97 Å². The zero-order chi connectivity index (χ0) is 15.6. The van der Waals surface area contributed by atoms with Gasteiger partial charge in [0.15, 0.2) is 0 Å². The normalized spacial score (nSPS) is 24.2. The molecule has 0 bridgehead atoms. The van der Waals surface area contributed by atoms with Crippen molar-refractivity contribution in [2.24, 2.45) is 0 Å². The van der Waals surface area contributed by atoms with Crippen LogP contribution in [0.15, 0.2) is 18.2 Å². The highest BCUT2D eigenvalue weighted by atomic mass is 19.1. The Bertz CT molecular complexity index is 515. The van der Waals surface area contributed by atoms with Gasteiger partial charge < -0.3 is 5.11 Å². The number of likely N-dealkylation sites (tertiary alicyclic amines) is 1. The molecule has 2 atom stereocenters. The van der Waals surface area contributed by atoms with E-state index in [-0.39, 0.29) is 5.56 Å². The summed E-state index contributed by atoms with van der Waals surface area (Å²) in [5.41, 5.74) is -1.05. The smallest absolute Gasteiger partial charge is 0.324 e. The fourth-order valence-corrected chi connectivity index (χ4v) is 3.55. The maximum Gasteiger partial charge on any atom is 0.324 e. The third-order valence-corrected chi connectivity index (χ3v) is 4.49.